The van der Waals surface area contributed by atoms with Gasteiger partial charge < -0.3 is 25.7 Å². The summed E-state index contributed by atoms with van der Waals surface area (Å²) < 4.78 is -0.606. The normalized spacial score (nSPS) is 18.1. The first-order chi connectivity index (χ1) is 17.1. The van der Waals surface area contributed by atoms with Crippen LogP contribution in [0.25, 0.3) is 0 Å². The van der Waals surface area contributed by atoms with E-state index in [1.807, 2.05) is 44.2 Å². The van der Waals surface area contributed by atoms with Crippen LogP contribution in [0.1, 0.15) is 35.3 Å². The van der Waals surface area contributed by atoms with Crippen LogP contribution < -0.4 is 10.6 Å². The quantitative estimate of drug-likeness (QED) is 0.403. The van der Waals surface area contributed by atoms with E-state index in [-0.39, 0.29) is 30.2 Å². The number of benzene rings is 2. The van der Waals surface area contributed by atoms with Gasteiger partial charge in [-0.15, -0.1) is 18.2 Å². The van der Waals surface area contributed by atoms with E-state index in [2.05, 4.69) is 16.6 Å². The Balaban J connectivity index is 1.88. The number of amides is 3. The number of aliphatic hydroxyl groups is 1. The lowest BCUT2D eigenvalue weighted by molar-refractivity contribution is -0.147. The number of aliphatic hydroxyl groups excluding tert-OH is 1. The van der Waals surface area contributed by atoms with Gasteiger partial charge in [-0.05, 0) is 44.9 Å². The molecule has 0 spiro atoms. The molecular formula is C27H31N3O5S. The number of nitrogens with zero attached hydrogens (tertiary/aromatic N) is 1. The highest BCUT2D eigenvalue weighted by atomic mass is 32.2. The van der Waals surface area contributed by atoms with Gasteiger partial charge in [-0.2, -0.15) is 0 Å². The van der Waals surface area contributed by atoms with Crippen molar-refractivity contribution in [2.75, 3.05) is 12.4 Å². The predicted octanol–water partition coefficient (Wildman–Crippen LogP) is 1.83. The molecule has 0 radical (unpaired) electrons. The smallest absolute Gasteiger partial charge is 0.254 e. The first-order valence-electron chi connectivity index (χ1n) is 11.5. The molecule has 1 unspecified atom stereocenters. The van der Waals surface area contributed by atoms with E-state index in [1.165, 1.54) is 22.7 Å². The number of nitrogens with one attached hydrogen (secondary N) is 2. The molecular weight excluding hydrogens is 478 g/mol. The number of phenolic OH excluding ortho intramolecular Hbond substituents is 1. The van der Waals surface area contributed by atoms with E-state index in [0.29, 0.717) is 5.56 Å². The van der Waals surface area contributed by atoms with Crippen molar-refractivity contribution in [3.63, 3.8) is 0 Å². The van der Waals surface area contributed by atoms with Crippen LogP contribution in [0.4, 0.5) is 0 Å². The molecule has 0 aliphatic carbocycles. The molecule has 1 aliphatic heterocycles. The van der Waals surface area contributed by atoms with Crippen LogP contribution >= 0.6 is 11.8 Å². The zero-order valence-corrected chi connectivity index (χ0v) is 21.3. The van der Waals surface area contributed by atoms with Crippen molar-refractivity contribution < 1.29 is 24.6 Å². The van der Waals surface area contributed by atoms with Crippen LogP contribution in [0.3, 0.4) is 0 Å². The summed E-state index contributed by atoms with van der Waals surface area (Å²) in [4.78, 5) is 40.9. The lowest BCUT2D eigenvalue weighted by atomic mass is 9.96. The zero-order chi connectivity index (χ0) is 26.5. The number of carbonyl (C=O) groups excluding carboxylic acids is 3. The molecule has 0 aromatic heterocycles. The van der Waals surface area contributed by atoms with Crippen molar-refractivity contribution in [3.8, 4) is 18.1 Å². The van der Waals surface area contributed by atoms with E-state index in [4.69, 9.17) is 6.42 Å². The third-order valence-corrected chi connectivity index (χ3v) is 7.62. The molecule has 2 aromatic rings. The van der Waals surface area contributed by atoms with E-state index in [9.17, 15) is 24.6 Å². The summed E-state index contributed by atoms with van der Waals surface area (Å²) in [5.41, 5.74) is 1.43. The minimum atomic E-state index is -1.62. The predicted molar refractivity (Wildman–Crippen MR) is 139 cm³/mol. The van der Waals surface area contributed by atoms with Gasteiger partial charge in [0, 0.05) is 15.9 Å². The molecule has 0 bridgehead atoms. The standard InChI is InChI=1S/C27H31N3O5S/c1-5-14-28-25(34)23-27(3,4)36-16-30(23)26(35)22(32)20(15-18-10-7-6-8-11-18)29-24(33)19-12-9-13-21(31)17(19)2/h1,6-13,20,22-23,31-32H,14-16H2,2-4H3,(H,28,34)(H,29,33)/t20-,22-,23?/m0/s1. The van der Waals surface area contributed by atoms with Crippen molar-refractivity contribution in [2.45, 2.75) is 50.1 Å². The topological polar surface area (TPSA) is 119 Å². The lowest BCUT2D eigenvalue weighted by Crippen LogP contribution is -2.58. The summed E-state index contributed by atoms with van der Waals surface area (Å²) >= 11 is 1.42. The van der Waals surface area contributed by atoms with Gasteiger partial charge in [0.05, 0.1) is 18.5 Å². The monoisotopic (exact) mass is 509 g/mol. The fraction of sp³-hybridized carbons (Fsp3) is 0.370. The molecule has 8 nitrogen and oxygen atoms in total. The number of phenols is 1. The van der Waals surface area contributed by atoms with Crippen molar-refractivity contribution in [1.82, 2.24) is 15.5 Å². The SMILES string of the molecule is C#CCNC(=O)C1N(C(=O)[C@@H](O)[C@H](Cc2ccccc2)NC(=O)c2cccc(O)c2C)CSC1(C)C. The van der Waals surface area contributed by atoms with Crippen LogP contribution in [0.5, 0.6) is 5.75 Å². The van der Waals surface area contributed by atoms with Gasteiger partial charge in [0.1, 0.15) is 11.8 Å². The number of terminal acetylenes is 1. The van der Waals surface area contributed by atoms with E-state index in [0.717, 1.165) is 5.56 Å². The third-order valence-electron chi connectivity index (χ3n) is 6.24. The number of carbonyl (C=O) groups is 3. The van der Waals surface area contributed by atoms with Gasteiger partial charge in [0.2, 0.25) is 5.91 Å². The maximum absolute atomic E-state index is 13.5. The van der Waals surface area contributed by atoms with Crippen LogP contribution in [0.2, 0.25) is 0 Å². The fourth-order valence-corrected chi connectivity index (χ4v) is 5.36. The molecule has 1 fully saturated rings. The van der Waals surface area contributed by atoms with Gasteiger partial charge in [-0.1, -0.05) is 42.3 Å². The van der Waals surface area contributed by atoms with Gasteiger partial charge in [0.15, 0.2) is 6.10 Å². The Hall–Kier alpha value is -3.48. The van der Waals surface area contributed by atoms with Crippen LogP contribution in [0.15, 0.2) is 48.5 Å². The number of hydrogen-bond donors (Lipinski definition) is 4. The van der Waals surface area contributed by atoms with Crippen LogP contribution in [0, 0.1) is 19.3 Å². The second-order valence-corrected chi connectivity index (χ2v) is 10.8. The number of hydrogen-bond acceptors (Lipinski definition) is 6. The Labute approximate surface area is 215 Å². The molecule has 4 N–H and O–H groups in total. The van der Waals surface area contributed by atoms with E-state index in [1.54, 1.807) is 19.1 Å². The molecule has 3 amide bonds. The largest absolute Gasteiger partial charge is 0.508 e. The molecule has 36 heavy (non-hydrogen) atoms. The summed E-state index contributed by atoms with van der Waals surface area (Å²) in [5.74, 6) is 0.926. The first kappa shape index (κ1) is 27.1. The Bertz CT molecular complexity index is 1160. The van der Waals surface area contributed by atoms with Crippen molar-refractivity contribution in [1.29, 1.82) is 0 Å². The Morgan fingerprint density at radius 2 is 1.89 bits per heavy atom. The summed E-state index contributed by atoms with van der Waals surface area (Å²) in [6.07, 6.45) is 3.82. The number of thioether (sulfide) groups is 1. The fourth-order valence-electron chi connectivity index (χ4n) is 4.21. The molecule has 190 valence electrons. The summed E-state index contributed by atoms with van der Waals surface area (Å²) in [5, 5.41) is 26.6. The third kappa shape index (κ3) is 6.01. The minimum Gasteiger partial charge on any atom is -0.508 e. The highest BCUT2D eigenvalue weighted by Crippen LogP contribution is 2.39. The molecule has 1 aliphatic rings. The average molecular weight is 510 g/mol. The molecule has 1 heterocycles. The summed E-state index contributed by atoms with van der Waals surface area (Å²) in [6.45, 7) is 5.34. The first-order valence-corrected chi connectivity index (χ1v) is 12.5. The average Bonchev–Trinajstić information content (AvgIpc) is 3.18. The number of rotatable bonds is 8. The van der Waals surface area contributed by atoms with Crippen molar-refractivity contribution >= 4 is 29.5 Å². The second-order valence-electron chi connectivity index (χ2n) is 9.17. The van der Waals surface area contributed by atoms with Crippen molar-refractivity contribution in [2.24, 2.45) is 0 Å². The van der Waals surface area contributed by atoms with Crippen LogP contribution in [-0.2, 0) is 16.0 Å². The van der Waals surface area contributed by atoms with Gasteiger partial charge in [-0.25, -0.2) is 0 Å². The summed E-state index contributed by atoms with van der Waals surface area (Å²) in [6, 6.07) is 11.9. The Morgan fingerprint density at radius 1 is 1.19 bits per heavy atom. The molecule has 9 heteroatoms. The van der Waals surface area contributed by atoms with Gasteiger partial charge >= 0.3 is 0 Å². The van der Waals surface area contributed by atoms with E-state index >= 15 is 0 Å². The molecule has 2 aromatic carbocycles. The molecule has 1 saturated heterocycles. The Kier molecular flexibility index (Phi) is 8.66. The second kappa shape index (κ2) is 11.5. The van der Waals surface area contributed by atoms with Crippen LogP contribution in [-0.4, -0.2) is 68.2 Å². The lowest BCUT2D eigenvalue weighted by Gasteiger charge is -2.33. The van der Waals surface area contributed by atoms with E-state index < -0.39 is 40.7 Å². The summed E-state index contributed by atoms with van der Waals surface area (Å²) in [7, 11) is 0. The maximum atomic E-state index is 13.5. The molecule has 0 saturated carbocycles. The number of aromatic hydroxyl groups is 1. The van der Waals surface area contributed by atoms with Crippen molar-refractivity contribution in [3.05, 3.63) is 65.2 Å². The molecule has 3 atom stereocenters. The highest BCUT2D eigenvalue weighted by Gasteiger charge is 2.49. The maximum Gasteiger partial charge on any atom is 0.254 e. The zero-order valence-electron chi connectivity index (χ0n) is 20.5. The molecule has 3 rings (SSSR count). The highest BCUT2D eigenvalue weighted by molar-refractivity contribution is 8.00. The van der Waals surface area contributed by atoms with Gasteiger partial charge in [0.25, 0.3) is 11.8 Å². The minimum absolute atomic E-state index is 0.0244. The Morgan fingerprint density at radius 3 is 2.56 bits per heavy atom. The van der Waals surface area contributed by atoms with Gasteiger partial charge in [-0.3, -0.25) is 14.4 Å².